The fraction of sp³-hybridized carbons (Fsp3) is 0.571. The molecule has 1 fully saturated rings. The summed E-state index contributed by atoms with van der Waals surface area (Å²) in [5.74, 6) is 0.273. The van der Waals surface area contributed by atoms with Crippen LogP contribution in [0.1, 0.15) is 49.8 Å². The third-order valence-corrected chi connectivity index (χ3v) is 6.20. The van der Waals surface area contributed by atoms with Crippen molar-refractivity contribution in [2.75, 3.05) is 20.7 Å². The Bertz CT molecular complexity index is 830. The van der Waals surface area contributed by atoms with Crippen molar-refractivity contribution in [3.63, 3.8) is 0 Å². The average Bonchev–Trinajstić information content (AvgIpc) is 2.98. The number of carbonyl (C=O) groups is 1. The van der Waals surface area contributed by atoms with Gasteiger partial charge in [0.2, 0.25) is 0 Å². The number of methoxy groups -OCH3 is 1. The van der Waals surface area contributed by atoms with Crippen molar-refractivity contribution in [1.29, 1.82) is 0 Å². The first kappa shape index (κ1) is 16.6. The normalized spacial score (nSPS) is 26.5. The van der Waals surface area contributed by atoms with E-state index in [0.29, 0.717) is 12.0 Å². The van der Waals surface area contributed by atoms with Gasteiger partial charge in [-0.1, -0.05) is 26.8 Å². The SMILES string of the molecule is COC(=O)[C@@H]1CC2c3cc(C(C)(C)C)cc4[nH]cc(c34)C[C@H]2N(C)C1. The minimum atomic E-state index is -0.0756. The quantitative estimate of drug-likeness (QED) is 0.807. The number of hydrogen-bond acceptors (Lipinski definition) is 3. The van der Waals surface area contributed by atoms with E-state index in [2.05, 4.69) is 56.0 Å². The van der Waals surface area contributed by atoms with Crippen LogP contribution in [0, 0.1) is 5.92 Å². The largest absolute Gasteiger partial charge is 0.469 e. The Morgan fingerprint density at radius 1 is 1.32 bits per heavy atom. The van der Waals surface area contributed by atoms with E-state index in [9.17, 15) is 4.79 Å². The van der Waals surface area contributed by atoms with Crippen LogP contribution in [0.2, 0.25) is 0 Å². The van der Waals surface area contributed by atoms with Gasteiger partial charge in [0.15, 0.2) is 0 Å². The zero-order valence-electron chi connectivity index (χ0n) is 15.8. The van der Waals surface area contributed by atoms with E-state index in [-0.39, 0.29) is 17.3 Å². The highest BCUT2D eigenvalue weighted by Gasteiger charge is 2.42. The molecule has 1 aromatic carbocycles. The second kappa shape index (κ2) is 5.60. The predicted molar refractivity (Wildman–Crippen MR) is 100.0 cm³/mol. The van der Waals surface area contributed by atoms with Crippen LogP contribution in [0.5, 0.6) is 0 Å². The summed E-state index contributed by atoms with van der Waals surface area (Å²) < 4.78 is 5.05. The van der Waals surface area contributed by atoms with Gasteiger partial charge in [-0.25, -0.2) is 0 Å². The Morgan fingerprint density at radius 2 is 2.08 bits per heavy atom. The molecule has 0 bridgehead atoms. The summed E-state index contributed by atoms with van der Waals surface area (Å²) in [5, 5.41) is 1.38. The van der Waals surface area contributed by atoms with E-state index in [0.717, 1.165) is 19.4 Å². The molecule has 1 unspecified atom stereocenters. The van der Waals surface area contributed by atoms with Crippen LogP contribution < -0.4 is 0 Å². The Kier molecular flexibility index (Phi) is 3.73. The summed E-state index contributed by atoms with van der Waals surface area (Å²) in [6, 6.07) is 5.15. The van der Waals surface area contributed by atoms with Crippen molar-refractivity contribution in [2.45, 2.75) is 51.0 Å². The molecule has 134 valence electrons. The number of nitrogens with zero attached hydrogens (tertiary/aromatic N) is 1. The van der Waals surface area contributed by atoms with Crippen molar-refractivity contribution in [2.24, 2.45) is 5.92 Å². The molecule has 0 spiro atoms. The van der Waals surface area contributed by atoms with Gasteiger partial charge in [0, 0.05) is 35.6 Å². The van der Waals surface area contributed by atoms with Gasteiger partial charge in [-0.3, -0.25) is 4.79 Å². The first-order valence-electron chi connectivity index (χ1n) is 9.22. The number of aromatic amines is 1. The lowest BCUT2D eigenvalue weighted by atomic mass is 9.71. The summed E-state index contributed by atoms with van der Waals surface area (Å²) in [7, 11) is 3.65. The van der Waals surface area contributed by atoms with Gasteiger partial charge in [0.25, 0.3) is 0 Å². The molecule has 1 aromatic heterocycles. The minimum Gasteiger partial charge on any atom is -0.469 e. The van der Waals surface area contributed by atoms with E-state index >= 15 is 0 Å². The Hall–Kier alpha value is -1.81. The van der Waals surface area contributed by atoms with E-state index in [1.54, 1.807) is 0 Å². The van der Waals surface area contributed by atoms with Crippen LogP contribution in [-0.2, 0) is 21.4 Å². The standard InChI is InChI=1S/C21H28N2O2/c1-21(2,3)14-8-16-15-6-13(20(24)25-5)11-23(4)18(15)7-12-10-22-17(9-14)19(12)16/h8-10,13,15,18,22H,6-7,11H2,1-5H3/t13-,15?,18-/m1/s1. The number of benzene rings is 1. The van der Waals surface area contributed by atoms with Crippen molar-refractivity contribution in [1.82, 2.24) is 9.88 Å². The van der Waals surface area contributed by atoms with Crippen molar-refractivity contribution in [3.05, 3.63) is 35.0 Å². The number of rotatable bonds is 1. The lowest BCUT2D eigenvalue weighted by Crippen LogP contribution is -2.49. The van der Waals surface area contributed by atoms with Crippen LogP contribution in [0.25, 0.3) is 10.9 Å². The molecule has 4 heteroatoms. The zero-order valence-corrected chi connectivity index (χ0v) is 15.8. The number of hydrogen-bond donors (Lipinski definition) is 1. The predicted octanol–water partition coefficient (Wildman–Crippen LogP) is 3.60. The number of likely N-dealkylation sites (N-methyl/N-ethyl adjacent to an activating group) is 1. The highest BCUT2D eigenvalue weighted by atomic mass is 16.5. The Balaban J connectivity index is 1.85. The molecular weight excluding hydrogens is 312 g/mol. The van der Waals surface area contributed by atoms with Gasteiger partial charge >= 0.3 is 5.97 Å². The number of aromatic nitrogens is 1. The van der Waals surface area contributed by atoms with Gasteiger partial charge in [0.05, 0.1) is 13.0 Å². The molecule has 25 heavy (non-hydrogen) atoms. The van der Waals surface area contributed by atoms with E-state index in [1.807, 2.05) is 0 Å². The van der Waals surface area contributed by atoms with E-state index in [1.165, 1.54) is 34.7 Å². The molecule has 1 N–H and O–H groups in total. The lowest BCUT2D eigenvalue weighted by molar-refractivity contribution is -0.148. The summed E-state index contributed by atoms with van der Waals surface area (Å²) in [6.07, 6.45) is 4.11. The van der Waals surface area contributed by atoms with Gasteiger partial charge in [-0.05, 0) is 48.1 Å². The van der Waals surface area contributed by atoms with Crippen LogP contribution in [0.15, 0.2) is 18.3 Å². The first-order valence-corrected chi connectivity index (χ1v) is 9.22. The second-order valence-electron chi connectivity index (χ2n) is 8.83. The third kappa shape index (κ3) is 2.58. The fourth-order valence-electron chi connectivity index (χ4n) is 4.78. The summed E-state index contributed by atoms with van der Waals surface area (Å²) in [4.78, 5) is 18.1. The molecule has 0 saturated carbocycles. The number of piperidine rings is 1. The van der Waals surface area contributed by atoms with Gasteiger partial charge in [-0.15, -0.1) is 0 Å². The summed E-state index contributed by atoms with van der Waals surface area (Å²) in [6.45, 7) is 7.57. The molecule has 1 aliphatic heterocycles. The smallest absolute Gasteiger partial charge is 0.309 e. The molecule has 0 amide bonds. The number of H-pyrrole nitrogens is 1. The molecule has 4 rings (SSSR count). The first-order chi connectivity index (χ1) is 11.8. The third-order valence-electron chi connectivity index (χ3n) is 6.20. The zero-order chi connectivity index (χ0) is 17.9. The molecular formula is C21H28N2O2. The van der Waals surface area contributed by atoms with Gasteiger partial charge in [0.1, 0.15) is 0 Å². The minimum absolute atomic E-state index is 0.0370. The summed E-state index contributed by atoms with van der Waals surface area (Å²) >= 11 is 0. The topological polar surface area (TPSA) is 45.3 Å². The molecule has 1 aliphatic carbocycles. The van der Waals surface area contributed by atoms with Gasteiger partial charge < -0.3 is 14.6 Å². The average molecular weight is 340 g/mol. The number of carbonyl (C=O) groups excluding carboxylic acids is 1. The molecule has 2 heterocycles. The monoisotopic (exact) mass is 340 g/mol. The fourth-order valence-corrected chi connectivity index (χ4v) is 4.78. The van der Waals surface area contributed by atoms with Crippen LogP contribution >= 0.6 is 0 Å². The van der Waals surface area contributed by atoms with Crippen LogP contribution in [0.4, 0.5) is 0 Å². The maximum absolute atomic E-state index is 12.2. The van der Waals surface area contributed by atoms with E-state index < -0.39 is 0 Å². The molecule has 3 atom stereocenters. The number of ether oxygens (including phenoxy) is 1. The molecule has 1 saturated heterocycles. The van der Waals surface area contributed by atoms with Crippen molar-refractivity contribution in [3.8, 4) is 0 Å². The number of likely N-dealkylation sites (tertiary alicyclic amines) is 1. The lowest BCUT2D eigenvalue weighted by Gasteiger charge is -2.45. The summed E-state index contributed by atoms with van der Waals surface area (Å²) in [5.41, 5.74) is 5.52. The highest BCUT2D eigenvalue weighted by Crippen LogP contribution is 2.46. The highest BCUT2D eigenvalue weighted by molar-refractivity contribution is 5.89. The second-order valence-corrected chi connectivity index (χ2v) is 8.83. The van der Waals surface area contributed by atoms with Crippen molar-refractivity contribution >= 4 is 16.9 Å². The molecule has 0 radical (unpaired) electrons. The molecule has 2 aliphatic rings. The number of fused-ring (bicyclic) bond motifs is 2. The Morgan fingerprint density at radius 3 is 2.76 bits per heavy atom. The Labute approximate surface area is 149 Å². The van der Waals surface area contributed by atoms with Crippen LogP contribution in [-0.4, -0.2) is 42.6 Å². The maximum atomic E-state index is 12.2. The van der Waals surface area contributed by atoms with Crippen molar-refractivity contribution < 1.29 is 9.53 Å². The van der Waals surface area contributed by atoms with E-state index in [4.69, 9.17) is 4.74 Å². The number of nitrogens with one attached hydrogen (secondary N) is 1. The maximum Gasteiger partial charge on any atom is 0.309 e. The number of esters is 1. The van der Waals surface area contributed by atoms with Crippen LogP contribution in [0.3, 0.4) is 0 Å². The van der Waals surface area contributed by atoms with Gasteiger partial charge in [-0.2, -0.15) is 0 Å². The molecule has 4 nitrogen and oxygen atoms in total. The molecule has 2 aromatic rings.